The predicted octanol–water partition coefficient (Wildman–Crippen LogP) is 5.60. The molecule has 1 amide bonds. The van der Waals surface area contributed by atoms with Crippen LogP contribution < -0.4 is 5.32 Å². The Kier molecular flexibility index (Phi) is 6.08. The topological polar surface area (TPSA) is 65.5 Å². The number of hydrogen-bond acceptors (Lipinski definition) is 4. The molecule has 0 radical (unpaired) electrons. The van der Waals surface area contributed by atoms with Crippen molar-refractivity contribution in [1.29, 1.82) is 0 Å². The third-order valence-corrected chi connectivity index (χ3v) is 5.64. The summed E-state index contributed by atoms with van der Waals surface area (Å²) in [6.07, 6.45) is 3.15. The molecular weight excluding hydrogens is 398 g/mol. The monoisotopic (exact) mass is 425 g/mol. The van der Waals surface area contributed by atoms with E-state index in [1.165, 1.54) is 6.08 Å². The maximum Gasteiger partial charge on any atom is 0.246 e. The average Bonchev–Trinajstić information content (AvgIpc) is 2.81. The number of fused-ring (bicyclic) bond motifs is 2. The first-order chi connectivity index (χ1) is 15.6. The largest absolute Gasteiger partial charge is 0.508 e. The molecule has 3 aromatic carbocycles. The van der Waals surface area contributed by atoms with E-state index in [9.17, 15) is 9.90 Å². The number of nitrogens with zero attached hydrogens (tertiary/aromatic N) is 2. The zero-order valence-corrected chi connectivity index (χ0v) is 18.4. The van der Waals surface area contributed by atoms with E-state index in [0.29, 0.717) is 13.1 Å². The van der Waals surface area contributed by atoms with Crippen LogP contribution in [0.15, 0.2) is 79.5 Å². The molecule has 2 N–H and O–H groups in total. The van der Waals surface area contributed by atoms with Gasteiger partial charge in [-0.2, -0.15) is 0 Å². The van der Waals surface area contributed by atoms with Gasteiger partial charge in [-0.1, -0.05) is 56.8 Å². The van der Waals surface area contributed by atoms with Crippen molar-refractivity contribution >= 4 is 33.3 Å². The van der Waals surface area contributed by atoms with Crippen LogP contribution >= 0.6 is 0 Å². The van der Waals surface area contributed by atoms with Gasteiger partial charge in [-0.05, 0) is 52.2 Å². The molecule has 5 rings (SSSR count). The fourth-order valence-electron chi connectivity index (χ4n) is 4.14. The van der Waals surface area contributed by atoms with Crippen LogP contribution in [0.5, 0.6) is 5.75 Å². The maximum absolute atomic E-state index is 11.7. The van der Waals surface area contributed by atoms with Gasteiger partial charge >= 0.3 is 0 Å². The van der Waals surface area contributed by atoms with E-state index in [-0.39, 0.29) is 17.7 Å². The SMILES string of the molecule is C=CC(=O)N1CC(Nc2cccc3c(-c4cc(O)cc5ccccc45)ccnc23)C1.CC. The highest BCUT2D eigenvalue weighted by Crippen LogP contribution is 2.37. The number of hydrogen-bond donors (Lipinski definition) is 2. The van der Waals surface area contributed by atoms with Crippen molar-refractivity contribution in [3.05, 3.63) is 79.5 Å². The molecule has 0 spiro atoms. The standard InChI is InChI=1S/C25H21N3O2.C2H6/c1-2-24(30)28-14-17(15-28)27-23-9-5-8-21-20(10-11-26-25(21)23)22-13-18(29)12-16-6-3-4-7-19(16)22;1-2/h2-13,17,27,29H,1,14-15H2;1-2H3. The minimum Gasteiger partial charge on any atom is -0.508 e. The molecule has 162 valence electrons. The number of likely N-dealkylation sites (tertiary alicyclic amines) is 1. The Hall–Kier alpha value is -3.86. The van der Waals surface area contributed by atoms with E-state index < -0.39 is 0 Å². The summed E-state index contributed by atoms with van der Waals surface area (Å²) < 4.78 is 0. The Balaban J connectivity index is 0.00000119. The average molecular weight is 426 g/mol. The first kappa shape index (κ1) is 21.4. The molecule has 1 aliphatic heterocycles. The fraction of sp³-hybridized carbons (Fsp3) is 0.185. The molecule has 4 aromatic rings. The summed E-state index contributed by atoms with van der Waals surface area (Å²) in [7, 11) is 0. The van der Waals surface area contributed by atoms with Crippen molar-refractivity contribution in [3.63, 3.8) is 0 Å². The van der Waals surface area contributed by atoms with E-state index in [4.69, 9.17) is 0 Å². The van der Waals surface area contributed by atoms with Crippen LogP contribution in [0.2, 0.25) is 0 Å². The molecule has 1 saturated heterocycles. The van der Waals surface area contributed by atoms with Gasteiger partial charge in [-0.3, -0.25) is 9.78 Å². The van der Waals surface area contributed by atoms with Gasteiger partial charge < -0.3 is 15.3 Å². The van der Waals surface area contributed by atoms with Crippen LogP contribution in [0.25, 0.3) is 32.8 Å². The molecule has 0 unspecified atom stereocenters. The number of para-hydroxylation sites is 1. The number of carbonyl (C=O) groups excluding carboxylic acids is 1. The molecule has 5 nitrogen and oxygen atoms in total. The summed E-state index contributed by atoms with van der Waals surface area (Å²) in [5.41, 5.74) is 3.81. The summed E-state index contributed by atoms with van der Waals surface area (Å²) in [4.78, 5) is 18.1. The van der Waals surface area contributed by atoms with Crippen molar-refractivity contribution in [3.8, 4) is 16.9 Å². The van der Waals surface area contributed by atoms with Crippen LogP contribution in [0.3, 0.4) is 0 Å². The number of aromatic hydroxyl groups is 1. The van der Waals surface area contributed by atoms with E-state index >= 15 is 0 Å². The lowest BCUT2D eigenvalue weighted by Crippen LogP contribution is -2.56. The minimum atomic E-state index is -0.0397. The fourth-order valence-corrected chi connectivity index (χ4v) is 4.14. The van der Waals surface area contributed by atoms with Crippen molar-refractivity contribution in [2.75, 3.05) is 18.4 Å². The lowest BCUT2D eigenvalue weighted by atomic mass is 9.95. The molecule has 0 bridgehead atoms. The highest BCUT2D eigenvalue weighted by Gasteiger charge is 2.29. The lowest BCUT2D eigenvalue weighted by molar-refractivity contribution is -0.129. The summed E-state index contributed by atoms with van der Waals surface area (Å²) >= 11 is 0. The summed E-state index contributed by atoms with van der Waals surface area (Å²) in [5.74, 6) is 0.200. The van der Waals surface area contributed by atoms with Gasteiger partial charge in [0.25, 0.3) is 0 Å². The molecule has 5 heteroatoms. The van der Waals surface area contributed by atoms with Crippen molar-refractivity contribution in [2.45, 2.75) is 19.9 Å². The summed E-state index contributed by atoms with van der Waals surface area (Å²) in [6, 6.07) is 19.9. The lowest BCUT2D eigenvalue weighted by Gasteiger charge is -2.39. The van der Waals surface area contributed by atoms with Crippen LogP contribution in [-0.2, 0) is 4.79 Å². The van der Waals surface area contributed by atoms with Crippen LogP contribution in [0, 0.1) is 0 Å². The van der Waals surface area contributed by atoms with E-state index in [2.05, 4.69) is 29.0 Å². The number of phenols is 1. The number of rotatable bonds is 4. The van der Waals surface area contributed by atoms with Gasteiger partial charge in [0.15, 0.2) is 0 Å². The zero-order chi connectivity index (χ0) is 22.7. The quantitative estimate of drug-likeness (QED) is 0.418. The third-order valence-electron chi connectivity index (χ3n) is 5.64. The van der Waals surface area contributed by atoms with Gasteiger partial charge in [0.1, 0.15) is 5.75 Å². The summed E-state index contributed by atoms with van der Waals surface area (Å²) in [6.45, 7) is 8.84. The van der Waals surface area contributed by atoms with Crippen molar-refractivity contribution < 1.29 is 9.90 Å². The van der Waals surface area contributed by atoms with Crippen LogP contribution in [-0.4, -0.2) is 40.0 Å². The van der Waals surface area contributed by atoms with Gasteiger partial charge in [0.05, 0.1) is 17.2 Å². The van der Waals surface area contributed by atoms with Gasteiger partial charge in [0.2, 0.25) is 5.91 Å². The minimum absolute atomic E-state index is 0.0397. The summed E-state index contributed by atoms with van der Waals surface area (Å²) in [5, 5.41) is 16.9. The van der Waals surface area contributed by atoms with E-state index in [1.807, 2.05) is 56.3 Å². The van der Waals surface area contributed by atoms with E-state index in [0.717, 1.165) is 38.5 Å². The second-order valence-electron chi connectivity index (χ2n) is 7.56. The Labute approximate surface area is 188 Å². The highest BCUT2D eigenvalue weighted by atomic mass is 16.3. The molecule has 0 saturated carbocycles. The Morgan fingerprint density at radius 2 is 1.81 bits per heavy atom. The Morgan fingerprint density at radius 3 is 2.59 bits per heavy atom. The highest BCUT2D eigenvalue weighted by molar-refractivity contribution is 6.07. The molecule has 1 aliphatic rings. The molecular formula is C27H27N3O2. The van der Waals surface area contributed by atoms with Gasteiger partial charge in [-0.15, -0.1) is 0 Å². The van der Waals surface area contributed by atoms with Gasteiger partial charge in [-0.25, -0.2) is 0 Å². The molecule has 0 atom stereocenters. The Morgan fingerprint density at radius 1 is 1.06 bits per heavy atom. The second kappa shape index (κ2) is 9.10. The molecule has 1 fully saturated rings. The smallest absolute Gasteiger partial charge is 0.246 e. The predicted molar refractivity (Wildman–Crippen MR) is 132 cm³/mol. The molecule has 0 aliphatic carbocycles. The first-order valence-electron chi connectivity index (χ1n) is 10.9. The van der Waals surface area contributed by atoms with Crippen molar-refractivity contribution in [2.24, 2.45) is 0 Å². The van der Waals surface area contributed by atoms with Crippen molar-refractivity contribution in [1.82, 2.24) is 9.88 Å². The molecule has 2 heterocycles. The maximum atomic E-state index is 11.7. The number of phenolic OH excluding ortho intramolecular Hbond substituents is 1. The molecule has 32 heavy (non-hydrogen) atoms. The van der Waals surface area contributed by atoms with Gasteiger partial charge in [0, 0.05) is 24.7 Å². The van der Waals surface area contributed by atoms with E-state index in [1.54, 1.807) is 17.2 Å². The second-order valence-corrected chi connectivity index (χ2v) is 7.56. The molecule has 1 aromatic heterocycles. The van der Waals surface area contributed by atoms with Crippen LogP contribution in [0.1, 0.15) is 13.8 Å². The number of amides is 1. The van der Waals surface area contributed by atoms with Crippen LogP contribution in [0.4, 0.5) is 5.69 Å². The number of anilines is 1. The Bertz CT molecular complexity index is 1290. The number of carbonyl (C=O) groups is 1. The number of pyridine rings is 1. The number of benzene rings is 3. The normalized spacial score (nSPS) is 13.2. The number of nitrogens with one attached hydrogen (secondary N) is 1. The zero-order valence-electron chi connectivity index (χ0n) is 18.4. The number of aromatic nitrogens is 1. The first-order valence-corrected chi connectivity index (χ1v) is 10.9. The third kappa shape index (κ3) is 3.89.